The second kappa shape index (κ2) is 9.41. The molecule has 1 aromatic carbocycles. The summed E-state index contributed by atoms with van der Waals surface area (Å²) in [6.45, 7) is 0. The molecule has 0 saturated heterocycles. The minimum atomic E-state index is -5.36. The number of allylic oxidation sites excluding steroid dienone is 4. The fraction of sp³-hybridized carbons (Fsp3) is 0.174. The summed E-state index contributed by atoms with van der Waals surface area (Å²) in [4.78, 5) is 29.8. The third-order valence-corrected chi connectivity index (χ3v) is 5.53. The number of rotatable bonds is 4. The van der Waals surface area contributed by atoms with Crippen LogP contribution in [0.1, 0.15) is 28.4 Å². The van der Waals surface area contributed by atoms with Crippen LogP contribution in [0.15, 0.2) is 59.3 Å². The first-order chi connectivity index (χ1) is 16.9. The van der Waals surface area contributed by atoms with Gasteiger partial charge in [-0.2, -0.15) is 13.2 Å². The fourth-order valence-electron chi connectivity index (χ4n) is 3.69. The van der Waals surface area contributed by atoms with Crippen LogP contribution in [0, 0.1) is 11.6 Å². The van der Waals surface area contributed by atoms with E-state index in [1.165, 1.54) is 5.32 Å². The molecule has 2 aromatic heterocycles. The lowest BCUT2D eigenvalue weighted by Gasteiger charge is -2.23. The molecule has 36 heavy (non-hydrogen) atoms. The summed E-state index contributed by atoms with van der Waals surface area (Å²) < 4.78 is 98.5. The van der Waals surface area contributed by atoms with E-state index in [0.29, 0.717) is 24.4 Å². The van der Waals surface area contributed by atoms with E-state index < -0.39 is 58.3 Å². The van der Waals surface area contributed by atoms with Crippen LogP contribution in [0.3, 0.4) is 0 Å². The minimum absolute atomic E-state index is 0.135. The van der Waals surface area contributed by atoms with E-state index in [0.717, 1.165) is 28.8 Å². The van der Waals surface area contributed by atoms with E-state index in [4.69, 9.17) is 11.6 Å². The first-order valence-corrected chi connectivity index (χ1v) is 10.5. The van der Waals surface area contributed by atoms with Crippen LogP contribution >= 0.6 is 11.6 Å². The van der Waals surface area contributed by atoms with E-state index in [9.17, 15) is 40.3 Å². The lowest BCUT2D eigenvalue weighted by molar-refractivity contribution is -0.156. The SMILES string of the molecule is O=C(NC(c1c(F)cccc1F)C(F)(F)F)c1cn(C2=CCC(F)C=C2F)c2nc(Cl)ccc2c1=O. The van der Waals surface area contributed by atoms with Gasteiger partial charge in [0.2, 0.25) is 5.43 Å². The first-order valence-electron chi connectivity index (χ1n) is 10.1. The third-order valence-electron chi connectivity index (χ3n) is 5.32. The molecule has 3 aromatic rings. The van der Waals surface area contributed by atoms with E-state index in [1.54, 1.807) is 0 Å². The molecule has 188 valence electrons. The summed E-state index contributed by atoms with van der Waals surface area (Å²) in [7, 11) is 0. The van der Waals surface area contributed by atoms with Crippen molar-refractivity contribution in [3.05, 3.63) is 92.6 Å². The number of alkyl halides is 4. The highest BCUT2D eigenvalue weighted by molar-refractivity contribution is 6.29. The Morgan fingerprint density at radius 2 is 1.81 bits per heavy atom. The molecule has 4 rings (SSSR count). The number of hydrogen-bond acceptors (Lipinski definition) is 3. The quantitative estimate of drug-likeness (QED) is 0.342. The van der Waals surface area contributed by atoms with E-state index in [1.807, 2.05) is 0 Å². The van der Waals surface area contributed by atoms with Gasteiger partial charge in [0.05, 0.1) is 16.6 Å². The maximum Gasteiger partial charge on any atom is 0.413 e. The summed E-state index contributed by atoms with van der Waals surface area (Å²) in [6, 6.07) is 1.10. The van der Waals surface area contributed by atoms with E-state index in [-0.39, 0.29) is 28.3 Å². The Bertz CT molecular complexity index is 1480. The van der Waals surface area contributed by atoms with Gasteiger partial charge in [-0.15, -0.1) is 0 Å². The summed E-state index contributed by atoms with van der Waals surface area (Å²) in [6.07, 6.45) is -4.86. The molecule has 1 amide bonds. The van der Waals surface area contributed by atoms with Crippen LogP contribution < -0.4 is 10.7 Å². The van der Waals surface area contributed by atoms with Gasteiger partial charge in [0.1, 0.15) is 40.0 Å². The Hall–Kier alpha value is -3.67. The van der Waals surface area contributed by atoms with Crippen LogP contribution in [-0.2, 0) is 0 Å². The van der Waals surface area contributed by atoms with E-state index in [2.05, 4.69) is 4.98 Å². The Morgan fingerprint density at radius 1 is 1.14 bits per heavy atom. The number of aromatic nitrogens is 2. The van der Waals surface area contributed by atoms with Crippen molar-refractivity contribution in [2.24, 2.45) is 0 Å². The molecule has 2 unspecified atom stereocenters. The van der Waals surface area contributed by atoms with Crippen LogP contribution in [0.25, 0.3) is 16.7 Å². The molecule has 0 fully saturated rings. The number of amides is 1. The highest BCUT2D eigenvalue weighted by Crippen LogP contribution is 2.36. The molecule has 1 aliphatic carbocycles. The van der Waals surface area contributed by atoms with Gasteiger partial charge in [-0.1, -0.05) is 23.7 Å². The Labute approximate surface area is 202 Å². The average molecular weight is 532 g/mol. The Morgan fingerprint density at radius 3 is 2.42 bits per heavy atom. The van der Waals surface area contributed by atoms with Crippen molar-refractivity contribution < 1.29 is 35.5 Å². The summed E-state index contributed by atoms with van der Waals surface area (Å²) >= 11 is 5.87. The predicted molar refractivity (Wildman–Crippen MR) is 117 cm³/mol. The standard InChI is InChI=1S/C23H13ClF7N3O2/c24-17-7-5-11-19(35)12(9-34(21(11)32-17)16-6-4-10(25)8-15(16)28)22(36)33-20(23(29,30)31)18-13(26)2-1-3-14(18)27/h1-3,5-10,20H,4H2,(H,33,36). The van der Waals surface area contributed by atoms with Crippen molar-refractivity contribution in [3.63, 3.8) is 0 Å². The Kier molecular flexibility index (Phi) is 6.65. The molecule has 0 spiro atoms. The number of nitrogens with one attached hydrogen (secondary N) is 1. The molecule has 0 bridgehead atoms. The van der Waals surface area contributed by atoms with Gasteiger partial charge in [0, 0.05) is 12.6 Å². The number of carbonyl (C=O) groups excluding carboxylic acids is 1. The second-order valence-corrected chi connectivity index (χ2v) is 8.07. The van der Waals surface area contributed by atoms with Crippen molar-refractivity contribution in [1.82, 2.24) is 14.9 Å². The maximum absolute atomic E-state index is 14.6. The fourth-order valence-corrected chi connectivity index (χ4v) is 3.83. The van der Waals surface area contributed by atoms with Crippen LogP contribution in [0.5, 0.6) is 0 Å². The summed E-state index contributed by atoms with van der Waals surface area (Å²) in [5.74, 6) is -5.89. The van der Waals surface area contributed by atoms with Gasteiger partial charge >= 0.3 is 6.18 Å². The molecular formula is C23H13ClF7N3O2. The highest BCUT2D eigenvalue weighted by Gasteiger charge is 2.45. The zero-order valence-electron chi connectivity index (χ0n) is 17.7. The lowest BCUT2D eigenvalue weighted by atomic mass is 10.0. The first kappa shape index (κ1) is 25.4. The number of pyridine rings is 2. The zero-order chi connectivity index (χ0) is 26.4. The Balaban J connectivity index is 1.88. The number of benzene rings is 1. The molecule has 1 N–H and O–H groups in total. The van der Waals surface area contributed by atoms with Gasteiger partial charge in [0.25, 0.3) is 5.91 Å². The molecule has 0 aliphatic heterocycles. The van der Waals surface area contributed by atoms with Crippen LogP contribution in [0.4, 0.5) is 30.7 Å². The number of fused-ring (bicyclic) bond motifs is 1. The van der Waals surface area contributed by atoms with Crippen molar-refractivity contribution in [3.8, 4) is 0 Å². The van der Waals surface area contributed by atoms with Gasteiger partial charge in [0.15, 0.2) is 6.04 Å². The smallest absolute Gasteiger partial charge is 0.336 e. The third kappa shape index (κ3) is 4.72. The molecular weight excluding hydrogens is 519 g/mol. The number of nitrogens with zero attached hydrogens (tertiary/aromatic N) is 2. The lowest BCUT2D eigenvalue weighted by Crippen LogP contribution is -2.41. The van der Waals surface area contributed by atoms with Crippen molar-refractivity contribution in [1.29, 1.82) is 0 Å². The maximum atomic E-state index is 14.6. The molecule has 1 aliphatic rings. The van der Waals surface area contributed by atoms with Gasteiger partial charge < -0.3 is 5.32 Å². The van der Waals surface area contributed by atoms with Crippen molar-refractivity contribution in [2.75, 3.05) is 0 Å². The van der Waals surface area contributed by atoms with Crippen molar-refractivity contribution >= 4 is 34.2 Å². The van der Waals surface area contributed by atoms with Crippen LogP contribution in [0.2, 0.25) is 5.15 Å². The minimum Gasteiger partial charge on any atom is -0.336 e. The van der Waals surface area contributed by atoms with Crippen LogP contribution in [-0.4, -0.2) is 27.8 Å². The second-order valence-electron chi connectivity index (χ2n) is 7.69. The molecule has 2 atom stereocenters. The van der Waals surface area contributed by atoms with Gasteiger partial charge in [-0.05, 0) is 30.3 Å². The molecule has 2 heterocycles. The van der Waals surface area contributed by atoms with Gasteiger partial charge in [-0.3, -0.25) is 14.2 Å². The number of hydrogen-bond donors (Lipinski definition) is 1. The number of halogens is 8. The molecule has 5 nitrogen and oxygen atoms in total. The van der Waals surface area contributed by atoms with Crippen molar-refractivity contribution in [2.45, 2.75) is 24.8 Å². The molecule has 0 saturated carbocycles. The normalized spacial score (nSPS) is 16.9. The topological polar surface area (TPSA) is 64.0 Å². The summed E-state index contributed by atoms with van der Waals surface area (Å²) in [5, 5.41) is 0.980. The monoisotopic (exact) mass is 531 g/mol. The summed E-state index contributed by atoms with van der Waals surface area (Å²) in [5.41, 5.74) is -4.12. The number of carbonyl (C=O) groups is 1. The largest absolute Gasteiger partial charge is 0.413 e. The molecule has 13 heteroatoms. The average Bonchev–Trinajstić information content (AvgIpc) is 2.78. The molecule has 0 radical (unpaired) electrons. The predicted octanol–water partition coefficient (Wildman–Crippen LogP) is 5.80. The van der Waals surface area contributed by atoms with E-state index >= 15 is 0 Å². The highest BCUT2D eigenvalue weighted by atomic mass is 35.5. The van der Waals surface area contributed by atoms with Gasteiger partial charge in [-0.25, -0.2) is 22.5 Å². The zero-order valence-corrected chi connectivity index (χ0v) is 18.5.